The Labute approximate surface area is 120 Å². The highest BCUT2D eigenvalue weighted by Gasteiger charge is 2.31. The molecule has 1 atom stereocenters. The molecule has 0 saturated carbocycles. The highest BCUT2D eigenvalue weighted by atomic mass is 19.4. The molecule has 112 valence electrons. The second-order valence-electron chi connectivity index (χ2n) is 4.42. The van der Waals surface area contributed by atoms with Gasteiger partial charge in [0.2, 0.25) is 0 Å². The van der Waals surface area contributed by atoms with Gasteiger partial charge in [-0.1, -0.05) is 12.1 Å². The fourth-order valence-corrected chi connectivity index (χ4v) is 1.93. The fraction of sp³-hybridized carbons (Fsp3) is 0.286. The molecule has 0 saturated heterocycles. The van der Waals surface area contributed by atoms with Crippen LogP contribution in [0.2, 0.25) is 0 Å². The van der Waals surface area contributed by atoms with Gasteiger partial charge in [-0.25, -0.2) is 0 Å². The molecule has 0 aliphatic heterocycles. The van der Waals surface area contributed by atoms with Crippen LogP contribution in [0.25, 0.3) is 0 Å². The quantitative estimate of drug-likeness (QED) is 0.942. The summed E-state index contributed by atoms with van der Waals surface area (Å²) in [4.78, 5) is 8.38. The second kappa shape index (κ2) is 6.09. The molecule has 0 amide bonds. The molecule has 1 unspecified atom stereocenters. The third kappa shape index (κ3) is 4.16. The summed E-state index contributed by atoms with van der Waals surface area (Å²) in [6.07, 6.45) is -1.51. The number of halogens is 3. The Morgan fingerprint density at radius 1 is 1.19 bits per heavy atom. The van der Waals surface area contributed by atoms with Crippen LogP contribution in [0.5, 0.6) is 5.75 Å². The monoisotopic (exact) mass is 297 g/mol. The normalized spacial score (nSPS) is 13.0. The highest BCUT2D eigenvalue weighted by molar-refractivity contribution is 5.34. The molecule has 2 rings (SSSR count). The van der Waals surface area contributed by atoms with Crippen LogP contribution in [0.1, 0.15) is 23.0 Å². The third-order valence-electron chi connectivity index (χ3n) is 2.81. The van der Waals surface area contributed by atoms with Gasteiger partial charge in [0.05, 0.1) is 23.6 Å². The Bertz CT molecular complexity index is 599. The number of hydrogen-bond donors (Lipinski definition) is 1. The minimum Gasteiger partial charge on any atom is -0.406 e. The summed E-state index contributed by atoms with van der Waals surface area (Å²) in [6, 6.07) is 5.42. The van der Waals surface area contributed by atoms with E-state index in [4.69, 9.17) is 0 Å². The molecule has 4 nitrogen and oxygen atoms in total. The zero-order chi connectivity index (χ0) is 15.5. The fourth-order valence-electron chi connectivity index (χ4n) is 1.93. The molecule has 1 heterocycles. The van der Waals surface area contributed by atoms with E-state index >= 15 is 0 Å². The van der Waals surface area contributed by atoms with Gasteiger partial charge in [-0.2, -0.15) is 0 Å². The molecule has 0 aliphatic carbocycles. The minimum absolute atomic E-state index is 0.264. The summed E-state index contributed by atoms with van der Waals surface area (Å²) >= 11 is 0. The smallest absolute Gasteiger partial charge is 0.406 e. The van der Waals surface area contributed by atoms with Gasteiger partial charge in [0.1, 0.15) is 5.75 Å². The van der Waals surface area contributed by atoms with Gasteiger partial charge in [0.15, 0.2) is 0 Å². The van der Waals surface area contributed by atoms with E-state index in [0.29, 0.717) is 11.3 Å². The number of nitrogens with one attached hydrogen (secondary N) is 1. The molecule has 0 spiro atoms. The van der Waals surface area contributed by atoms with Crippen molar-refractivity contribution in [1.82, 2.24) is 15.3 Å². The van der Waals surface area contributed by atoms with Crippen LogP contribution in [0, 0.1) is 6.92 Å². The lowest BCUT2D eigenvalue weighted by Gasteiger charge is -2.17. The number of hydrogen-bond acceptors (Lipinski definition) is 4. The average molecular weight is 297 g/mol. The molecule has 1 N–H and O–H groups in total. The molecule has 0 aliphatic rings. The maximum atomic E-state index is 12.3. The maximum Gasteiger partial charge on any atom is 0.573 e. The summed E-state index contributed by atoms with van der Waals surface area (Å²) in [5.41, 5.74) is 1.99. The van der Waals surface area contributed by atoms with Gasteiger partial charge in [0, 0.05) is 6.20 Å². The molecule has 0 bridgehead atoms. The van der Waals surface area contributed by atoms with Crippen molar-refractivity contribution >= 4 is 0 Å². The van der Waals surface area contributed by atoms with Crippen molar-refractivity contribution < 1.29 is 17.9 Å². The van der Waals surface area contributed by atoms with Crippen LogP contribution in [-0.4, -0.2) is 23.4 Å². The zero-order valence-corrected chi connectivity index (χ0v) is 11.5. The predicted molar refractivity (Wildman–Crippen MR) is 70.8 cm³/mol. The SMILES string of the molecule is CNC(c1cccc(OC(F)(F)F)c1)c1cnc(C)cn1. The molecule has 21 heavy (non-hydrogen) atoms. The van der Waals surface area contributed by atoms with Gasteiger partial charge in [0.25, 0.3) is 0 Å². The van der Waals surface area contributed by atoms with Crippen molar-refractivity contribution in [3.63, 3.8) is 0 Å². The van der Waals surface area contributed by atoms with E-state index in [0.717, 1.165) is 5.69 Å². The minimum atomic E-state index is -4.71. The van der Waals surface area contributed by atoms with E-state index in [2.05, 4.69) is 20.0 Å². The molecular weight excluding hydrogens is 283 g/mol. The van der Waals surface area contributed by atoms with Crippen molar-refractivity contribution in [3.05, 3.63) is 53.6 Å². The zero-order valence-electron chi connectivity index (χ0n) is 11.5. The van der Waals surface area contributed by atoms with Gasteiger partial charge in [-0.3, -0.25) is 9.97 Å². The van der Waals surface area contributed by atoms with E-state index < -0.39 is 6.36 Å². The molecule has 7 heteroatoms. The largest absolute Gasteiger partial charge is 0.573 e. The lowest BCUT2D eigenvalue weighted by Crippen LogP contribution is -2.20. The summed E-state index contributed by atoms with van der Waals surface area (Å²) in [5, 5.41) is 3.00. The van der Waals surface area contributed by atoms with Crippen LogP contribution in [-0.2, 0) is 0 Å². The summed E-state index contributed by atoms with van der Waals surface area (Å²) in [6.45, 7) is 1.81. The number of alkyl halides is 3. The van der Waals surface area contributed by atoms with E-state index in [1.54, 1.807) is 25.5 Å². The Hall–Kier alpha value is -2.15. The topological polar surface area (TPSA) is 47.0 Å². The maximum absolute atomic E-state index is 12.3. The van der Waals surface area contributed by atoms with Gasteiger partial charge in [-0.15, -0.1) is 13.2 Å². The number of rotatable bonds is 4. The lowest BCUT2D eigenvalue weighted by molar-refractivity contribution is -0.274. The highest BCUT2D eigenvalue weighted by Crippen LogP contribution is 2.27. The number of aryl methyl sites for hydroxylation is 1. The van der Waals surface area contributed by atoms with Crippen molar-refractivity contribution in [3.8, 4) is 5.75 Å². The molecule has 0 radical (unpaired) electrons. The van der Waals surface area contributed by atoms with Crippen molar-refractivity contribution in [2.45, 2.75) is 19.3 Å². The average Bonchev–Trinajstić information content (AvgIpc) is 2.40. The van der Waals surface area contributed by atoms with E-state index in [1.807, 2.05) is 6.92 Å². The number of ether oxygens (including phenoxy) is 1. The van der Waals surface area contributed by atoms with E-state index in [1.165, 1.54) is 18.2 Å². The van der Waals surface area contributed by atoms with E-state index in [9.17, 15) is 13.2 Å². The first-order valence-electron chi connectivity index (χ1n) is 6.20. The second-order valence-corrected chi connectivity index (χ2v) is 4.42. The summed E-state index contributed by atoms with van der Waals surface area (Å²) in [5.74, 6) is -0.264. The number of benzene rings is 1. The molecule has 1 aromatic carbocycles. The van der Waals surface area contributed by atoms with Crippen molar-refractivity contribution in [2.24, 2.45) is 0 Å². The van der Waals surface area contributed by atoms with Crippen LogP contribution < -0.4 is 10.1 Å². The third-order valence-corrected chi connectivity index (χ3v) is 2.81. The Morgan fingerprint density at radius 3 is 2.52 bits per heavy atom. The van der Waals surface area contributed by atoms with Crippen molar-refractivity contribution in [1.29, 1.82) is 0 Å². The summed E-state index contributed by atoms with van der Waals surface area (Å²) in [7, 11) is 1.70. The number of aromatic nitrogens is 2. The first-order valence-corrected chi connectivity index (χ1v) is 6.20. The van der Waals surface area contributed by atoms with Gasteiger partial charge < -0.3 is 10.1 Å². The molecular formula is C14H14F3N3O. The summed E-state index contributed by atoms with van der Waals surface area (Å²) < 4.78 is 40.7. The van der Waals surface area contributed by atoms with Gasteiger partial charge >= 0.3 is 6.36 Å². The first kappa shape index (κ1) is 15.2. The molecule has 1 aromatic heterocycles. The standard InChI is InChI=1S/C14H14F3N3O/c1-9-7-20-12(8-19-9)13(18-2)10-4-3-5-11(6-10)21-14(15,16)17/h3-8,13,18H,1-2H3. The Balaban J connectivity index is 2.30. The van der Waals surface area contributed by atoms with Crippen LogP contribution in [0.4, 0.5) is 13.2 Å². The van der Waals surface area contributed by atoms with Crippen molar-refractivity contribution in [2.75, 3.05) is 7.05 Å². The first-order chi connectivity index (χ1) is 9.89. The molecule has 0 fully saturated rings. The molecule has 2 aromatic rings. The lowest BCUT2D eigenvalue weighted by atomic mass is 10.0. The Kier molecular flexibility index (Phi) is 4.42. The van der Waals surface area contributed by atoms with E-state index in [-0.39, 0.29) is 11.8 Å². The van der Waals surface area contributed by atoms with Gasteiger partial charge in [-0.05, 0) is 31.7 Å². The van der Waals surface area contributed by atoms with Crippen LogP contribution in [0.15, 0.2) is 36.7 Å². The van der Waals surface area contributed by atoms with Crippen LogP contribution >= 0.6 is 0 Å². The Morgan fingerprint density at radius 2 is 1.95 bits per heavy atom. The number of nitrogens with zero attached hydrogens (tertiary/aromatic N) is 2. The predicted octanol–water partition coefficient (Wildman–Crippen LogP) is 2.99. The van der Waals surface area contributed by atoms with Crippen LogP contribution in [0.3, 0.4) is 0 Å².